The minimum absolute atomic E-state index is 0.0423. The molecule has 2 N–H and O–H groups in total. The van der Waals surface area contributed by atoms with E-state index in [9.17, 15) is 4.79 Å². The van der Waals surface area contributed by atoms with Crippen molar-refractivity contribution in [1.82, 2.24) is 10.3 Å². The fourth-order valence-corrected chi connectivity index (χ4v) is 1.77. The van der Waals surface area contributed by atoms with Crippen molar-refractivity contribution in [2.75, 3.05) is 18.4 Å². The van der Waals surface area contributed by atoms with Crippen LogP contribution in [0.15, 0.2) is 16.7 Å². The van der Waals surface area contributed by atoms with Gasteiger partial charge in [0.1, 0.15) is 5.82 Å². The molecule has 5 heteroatoms. The van der Waals surface area contributed by atoms with Crippen LogP contribution in [0, 0.1) is 12.8 Å². The van der Waals surface area contributed by atoms with E-state index in [0.717, 1.165) is 23.1 Å². The molecule has 2 rings (SSSR count). The van der Waals surface area contributed by atoms with E-state index in [4.69, 9.17) is 0 Å². The molecule has 86 valence electrons. The van der Waals surface area contributed by atoms with Gasteiger partial charge in [-0.1, -0.05) is 0 Å². The lowest BCUT2D eigenvalue weighted by atomic mass is 9.99. The zero-order chi connectivity index (χ0) is 11.5. The highest BCUT2D eigenvalue weighted by Gasteiger charge is 2.20. The number of anilines is 1. The van der Waals surface area contributed by atoms with Crippen molar-refractivity contribution in [2.24, 2.45) is 5.92 Å². The van der Waals surface area contributed by atoms with Gasteiger partial charge in [0, 0.05) is 17.1 Å². The Morgan fingerprint density at radius 2 is 2.44 bits per heavy atom. The van der Waals surface area contributed by atoms with E-state index in [1.165, 1.54) is 0 Å². The second-order valence-electron chi connectivity index (χ2n) is 4.10. The number of rotatable bonds is 3. The van der Waals surface area contributed by atoms with Crippen molar-refractivity contribution in [2.45, 2.75) is 13.3 Å². The summed E-state index contributed by atoms with van der Waals surface area (Å²) in [6, 6.07) is 1.86. The van der Waals surface area contributed by atoms with E-state index < -0.39 is 0 Å². The number of hydrogen-bond acceptors (Lipinski definition) is 3. The van der Waals surface area contributed by atoms with Crippen molar-refractivity contribution in [3.8, 4) is 0 Å². The molecule has 16 heavy (non-hydrogen) atoms. The first kappa shape index (κ1) is 11.5. The SMILES string of the molecule is Cc1cc(NC(=O)CC2CNC2)ncc1Br. The summed E-state index contributed by atoms with van der Waals surface area (Å²) < 4.78 is 0.952. The predicted octanol–water partition coefficient (Wildman–Crippen LogP) is 1.70. The number of nitrogens with zero attached hydrogens (tertiary/aromatic N) is 1. The molecular weight excluding hydrogens is 270 g/mol. The predicted molar refractivity (Wildman–Crippen MR) is 66.3 cm³/mol. The molecule has 0 unspecified atom stereocenters. The van der Waals surface area contributed by atoms with Crippen molar-refractivity contribution in [3.05, 3.63) is 22.3 Å². The lowest BCUT2D eigenvalue weighted by molar-refractivity contribution is -0.117. The molecule has 0 aliphatic carbocycles. The van der Waals surface area contributed by atoms with E-state index in [1.54, 1.807) is 6.20 Å². The number of aryl methyl sites for hydroxylation is 1. The average Bonchev–Trinajstić information content (AvgIpc) is 2.18. The van der Waals surface area contributed by atoms with Crippen LogP contribution >= 0.6 is 15.9 Å². The quantitative estimate of drug-likeness (QED) is 0.888. The Bertz CT molecular complexity index is 404. The van der Waals surface area contributed by atoms with Crippen LogP contribution in [0.2, 0.25) is 0 Å². The molecule has 1 aliphatic heterocycles. The molecule has 0 atom stereocenters. The van der Waals surface area contributed by atoms with Gasteiger partial charge in [-0.05, 0) is 53.5 Å². The topological polar surface area (TPSA) is 54.0 Å². The third-order valence-electron chi connectivity index (χ3n) is 2.65. The van der Waals surface area contributed by atoms with Gasteiger partial charge in [-0.25, -0.2) is 4.98 Å². The third kappa shape index (κ3) is 2.80. The number of nitrogens with one attached hydrogen (secondary N) is 2. The van der Waals surface area contributed by atoms with Crippen molar-refractivity contribution >= 4 is 27.7 Å². The summed E-state index contributed by atoms with van der Waals surface area (Å²) >= 11 is 3.37. The van der Waals surface area contributed by atoms with E-state index in [1.807, 2.05) is 13.0 Å². The maximum Gasteiger partial charge on any atom is 0.225 e. The van der Waals surface area contributed by atoms with Crippen LogP contribution in [0.25, 0.3) is 0 Å². The highest BCUT2D eigenvalue weighted by atomic mass is 79.9. The summed E-state index contributed by atoms with van der Waals surface area (Å²) in [6.07, 6.45) is 2.28. The largest absolute Gasteiger partial charge is 0.316 e. The third-order valence-corrected chi connectivity index (χ3v) is 3.48. The molecule has 1 saturated heterocycles. The molecule has 1 aromatic heterocycles. The maximum atomic E-state index is 11.6. The first-order valence-corrected chi connectivity index (χ1v) is 6.07. The Hall–Kier alpha value is -0.940. The van der Waals surface area contributed by atoms with E-state index in [0.29, 0.717) is 18.2 Å². The minimum Gasteiger partial charge on any atom is -0.316 e. The lowest BCUT2D eigenvalue weighted by Crippen LogP contribution is -2.43. The zero-order valence-corrected chi connectivity index (χ0v) is 10.7. The molecule has 4 nitrogen and oxygen atoms in total. The summed E-state index contributed by atoms with van der Waals surface area (Å²) in [5.41, 5.74) is 1.07. The van der Waals surface area contributed by atoms with Crippen LogP contribution in [0.1, 0.15) is 12.0 Å². The number of pyridine rings is 1. The van der Waals surface area contributed by atoms with Crippen molar-refractivity contribution in [1.29, 1.82) is 0 Å². The molecular formula is C11H14BrN3O. The van der Waals surface area contributed by atoms with Crippen LogP contribution in [0.3, 0.4) is 0 Å². The molecule has 1 aliphatic rings. The fourth-order valence-electron chi connectivity index (χ4n) is 1.56. The van der Waals surface area contributed by atoms with Gasteiger partial charge in [0.2, 0.25) is 5.91 Å². The number of halogens is 1. The Labute approximate surface area is 103 Å². The number of aromatic nitrogens is 1. The number of carbonyl (C=O) groups excluding carboxylic acids is 1. The van der Waals surface area contributed by atoms with E-state index in [-0.39, 0.29) is 5.91 Å². The normalized spacial score (nSPS) is 15.6. The molecule has 1 amide bonds. The standard InChI is InChI=1S/C11H14BrN3O/c1-7-2-10(14-6-9(7)12)15-11(16)3-8-4-13-5-8/h2,6,8,13H,3-5H2,1H3,(H,14,15,16). The Balaban J connectivity index is 1.92. The Morgan fingerprint density at radius 3 is 3.00 bits per heavy atom. The van der Waals surface area contributed by atoms with Gasteiger partial charge >= 0.3 is 0 Å². The van der Waals surface area contributed by atoms with Crippen molar-refractivity contribution in [3.63, 3.8) is 0 Å². The van der Waals surface area contributed by atoms with Gasteiger partial charge in [-0.3, -0.25) is 4.79 Å². The van der Waals surface area contributed by atoms with Crippen LogP contribution in [-0.2, 0) is 4.79 Å². The molecule has 0 saturated carbocycles. The van der Waals surface area contributed by atoms with Gasteiger partial charge < -0.3 is 10.6 Å². The highest BCUT2D eigenvalue weighted by Crippen LogP contribution is 2.17. The molecule has 0 aromatic carbocycles. The fraction of sp³-hybridized carbons (Fsp3) is 0.455. The van der Waals surface area contributed by atoms with Crippen LogP contribution in [0.4, 0.5) is 5.82 Å². The minimum atomic E-state index is 0.0423. The van der Waals surface area contributed by atoms with Gasteiger partial charge in [0.15, 0.2) is 0 Å². The first-order chi connectivity index (χ1) is 7.65. The molecule has 1 fully saturated rings. The van der Waals surface area contributed by atoms with Crippen LogP contribution in [-0.4, -0.2) is 24.0 Å². The molecule has 0 bridgehead atoms. The van der Waals surface area contributed by atoms with E-state index >= 15 is 0 Å². The monoisotopic (exact) mass is 283 g/mol. The Morgan fingerprint density at radius 1 is 1.69 bits per heavy atom. The number of amides is 1. The van der Waals surface area contributed by atoms with Crippen molar-refractivity contribution < 1.29 is 4.79 Å². The van der Waals surface area contributed by atoms with Crippen LogP contribution < -0.4 is 10.6 Å². The second kappa shape index (κ2) is 4.93. The molecule has 0 spiro atoms. The molecule has 0 radical (unpaired) electrons. The smallest absolute Gasteiger partial charge is 0.225 e. The highest BCUT2D eigenvalue weighted by molar-refractivity contribution is 9.10. The zero-order valence-electron chi connectivity index (χ0n) is 9.09. The summed E-state index contributed by atoms with van der Waals surface area (Å²) in [4.78, 5) is 15.8. The average molecular weight is 284 g/mol. The molecule has 2 heterocycles. The number of hydrogen-bond donors (Lipinski definition) is 2. The van der Waals surface area contributed by atoms with Gasteiger partial charge in [-0.2, -0.15) is 0 Å². The van der Waals surface area contributed by atoms with E-state index in [2.05, 4.69) is 31.5 Å². The summed E-state index contributed by atoms with van der Waals surface area (Å²) in [5.74, 6) is 1.15. The van der Waals surface area contributed by atoms with Gasteiger partial charge in [-0.15, -0.1) is 0 Å². The maximum absolute atomic E-state index is 11.6. The van der Waals surface area contributed by atoms with Gasteiger partial charge in [0.05, 0.1) is 0 Å². The summed E-state index contributed by atoms with van der Waals surface area (Å²) in [7, 11) is 0. The summed E-state index contributed by atoms with van der Waals surface area (Å²) in [6.45, 7) is 3.86. The second-order valence-corrected chi connectivity index (χ2v) is 4.95. The van der Waals surface area contributed by atoms with Gasteiger partial charge in [0.25, 0.3) is 0 Å². The van der Waals surface area contributed by atoms with Crippen LogP contribution in [0.5, 0.6) is 0 Å². The number of carbonyl (C=O) groups is 1. The molecule has 1 aromatic rings. The summed E-state index contributed by atoms with van der Waals surface area (Å²) in [5, 5.41) is 5.96. The first-order valence-electron chi connectivity index (χ1n) is 5.28. The Kier molecular flexibility index (Phi) is 3.56. The lowest BCUT2D eigenvalue weighted by Gasteiger charge is -2.26.